The van der Waals surface area contributed by atoms with Gasteiger partial charge in [0.15, 0.2) is 0 Å². The molecule has 178 valence electrons. The number of carboxylic acid groups (broad SMARTS) is 2. The number of aliphatic hydroxyl groups is 1. The fourth-order valence-corrected chi connectivity index (χ4v) is 4.78. The second kappa shape index (κ2) is 11.4. The predicted octanol–water partition coefficient (Wildman–Crippen LogP) is 2.52. The van der Waals surface area contributed by atoms with Crippen LogP contribution in [0.25, 0.3) is 0 Å². The summed E-state index contributed by atoms with van der Waals surface area (Å²) in [5, 5.41) is 28.6. The van der Waals surface area contributed by atoms with Crippen molar-refractivity contribution in [1.29, 1.82) is 0 Å². The Morgan fingerprint density at radius 3 is 2.31 bits per heavy atom. The van der Waals surface area contributed by atoms with Crippen molar-refractivity contribution in [3.63, 3.8) is 0 Å². The van der Waals surface area contributed by atoms with Crippen LogP contribution in [-0.2, 0) is 20.8 Å². The topological polar surface area (TPSA) is 127 Å². The molecule has 1 aromatic carbocycles. The molecule has 1 fully saturated rings. The molecule has 0 aromatic heterocycles. The molecule has 8 nitrogen and oxygen atoms in total. The van der Waals surface area contributed by atoms with Gasteiger partial charge in [0.05, 0.1) is 18.2 Å². The average Bonchev–Trinajstić information content (AvgIpc) is 2.73. The van der Waals surface area contributed by atoms with E-state index in [0.29, 0.717) is 19.0 Å². The van der Waals surface area contributed by atoms with E-state index in [1.165, 1.54) is 23.1 Å². The number of rotatable bonds is 5. The Bertz CT molecular complexity index is 805. The number of hydrogen-bond donors (Lipinski definition) is 4. The Morgan fingerprint density at radius 2 is 1.75 bits per heavy atom. The van der Waals surface area contributed by atoms with Crippen LogP contribution in [-0.4, -0.2) is 63.3 Å². The molecule has 0 spiro atoms. The standard InChI is InChI=1S/C22H34N2O2.C2H2O4/c1-16(2)21-20-17(3)8-7-9-18(20)10-13-24(21)19(25)14-23-15-22(26)11-5-4-6-12-22;3-1(4)2(5)6/h7-9,16,21,23,26H,4-6,10-15H2,1-3H3;(H,3,4)(H,5,6). The van der Waals surface area contributed by atoms with Crippen LogP contribution in [0.3, 0.4) is 0 Å². The largest absolute Gasteiger partial charge is 0.473 e. The molecule has 1 atom stereocenters. The molecule has 1 aliphatic heterocycles. The SMILES string of the molecule is Cc1cccc2c1C(C(C)C)N(C(=O)CNCC1(O)CCCCC1)CC2.O=C(O)C(=O)O. The van der Waals surface area contributed by atoms with Crippen molar-refractivity contribution < 1.29 is 29.7 Å². The third-order valence-corrected chi connectivity index (χ3v) is 6.32. The van der Waals surface area contributed by atoms with Gasteiger partial charge in [-0.15, -0.1) is 0 Å². The molecule has 1 unspecified atom stereocenters. The number of aryl methyl sites for hydroxylation is 1. The number of fused-ring (bicyclic) bond motifs is 1. The lowest BCUT2D eigenvalue weighted by Crippen LogP contribution is -2.49. The van der Waals surface area contributed by atoms with Gasteiger partial charge in [-0.1, -0.05) is 51.3 Å². The van der Waals surface area contributed by atoms with Crippen LogP contribution in [0, 0.1) is 12.8 Å². The predicted molar refractivity (Wildman–Crippen MR) is 120 cm³/mol. The zero-order valence-corrected chi connectivity index (χ0v) is 19.3. The van der Waals surface area contributed by atoms with E-state index in [-0.39, 0.29) is 11.9 Å². The molecule has 32 heavy (non-hydrogen) atoms. The maximum Gasteiger partial charge on any atom is 0.414 e. The third kappa shape index (κ3) is 6.77. The van der Waals surface area contributed by atoms with Crippen molar-refractivity contribution in [2.45, 2.75) is 70.9 Å². The van der Waals surface area contributed by atoms with Crippen LogP contribution in [0.5, 0.6) is 0 Å². The molecule has 1 amide bonds. The summed E-state index contributed by atoms with van der Waals surface area (Å²) in [6.07, 6.45) is 6.01. The first-order valence-electron chi connectivity index (χ1n) is 11.3. The number of benzene rings is 1. The van der Waals surface area contributed by atoms with E-state index in [4.69, 9.17) is 19.8 Å². The quantitative estimate of drug-likeness (QED) is 0.510. The zero-order valence-electron chi connectivity index (χ0n) is 19.3. The van der Waals surface area contributed by atoms with Gasteiger partial charge < -0.3 is 25.5 Å². The Hall–Kier alpha value is -2.45. The summed E-state index contributed by atoms with van der Waals surface area (Å²) >= 11 is 0. The number of nitrogens with zero attached hydrogens (tertiary/aromatic N) is 1. The first-order chi connectivity index (χ1) is 15.1. The minimum Gasteiger partial charge on any atom is -0.473 e. The second-order valence-electron chi connectivity index (χ2n) is 9.17. The van der Waals surface area contributed by atoms with Crippen molar-refractivity contribution in [3.05, 3.63) is 34.9 Å². The maximum atomic E-state index is 13.0. The fraction of sp³-hybridized carbons (Fsp3) is 0.625. The number of aliphatic carboxylic acids is 2. The molecule has 2 aliphatic rings. The van der Waals surface area contributed by atoms with Crippen molar-refractivity contribution in [1.82, 2.24) is 10.2 Å². The Balaban J connectivity index is 0.000000534. The molecule has 0 radical (unpaired) electrons. The summed E-state index contributed by atoms with van der Waals surface area (Å²) in [5.74, 6) is -3.12. The van der Waals surface area contributed by atoms with Crippen LogP contribution >= 0.6 is 0 Å². The summed E-state index contributed by atoms with van der Waals surface area (Å²) in [5.41, 5.74) is 3.38. The first-order valence-corrected chi connectivity index (χ1v) is 11.3. The lowest BCUT2D eigenvalue weighted by molar-refractivity contribution is -0.159. The van der Waals surface area contributed by atoms with Crippen molar-refractivity contribution in [2.75, 3.05) is 19.6 Å². The molecular formula is C24H36N2O6. The number of amides is 1. The summed E-state index contributed by atoms with van der Waals surface area (Å²) < 4.78 is 0. The van der Waals surface area contributed by atoms with Gasteiger partial charge in [-0.25, -0.2) is 9.59 Å². The van der Waals surface area contributed by atoms with Gasteiger partial charge in [0.1, 0.15) is 0 Å². The van der Waals surface area contributed by atoms with Crippen LogP contribution in [0.15, 0.2) is 18.2 Å². The zero-order chi connectivity index (χ0) is 23.9. The molecule has 8 heteroatoms. The summed E-state index contributed by atoms with van der Waals surface area (Å²) in [6, 6.07) is 6.62. The highest BCUT2D eigenvalue weighted by Crippen LogP contribution is 2.37. The minimum absolute atomic E-state index is 0.145. The van der Waals surface area contributed by atoms with E-state index in [9.17, 15) is 9.90 Å². The van der Waals surface area contributed by atoms with E-state index < -0.39 is 17.5 Å². The maximum absolute atomic E-state index is 13.0. The van der Waals surface area contributed by atoms with Crippen LogP contribution in [0.1, 0.15) is 68.7 Å². The monoisotopic (exact) mass is 448 g/mol. The third-order valence-electron chi connectivity index (χ3n) is 6.32. The molecule has 3 rings (SSSR count). The molecule has 1 aliphatic carbocycles. The van der Waals surface area contributed by atoms with E-state index in [2.05, 4.69) is 49.2 Å². The van der Waals surface area contributed by atoms with Gasteiger partial charge in [0.2, 0.25) is 5.91 Å². The van der Waals surface area contributed by atoms with E-state index in [1.54, 1.807) is 0 Å². The molecule has 1 aromatic rings. The average molecular weight is 449 g/mol. The Kier molecular flexibility index (Phi) is 9.21. The highest BCUT2D eigenvalue weighted by molar-refractivity contribution is 6.27. The van der Waals surface area contributed by atoms with Crippen LogP contribution < -0.4 is 5.32 Å². The van der Waals surface area contributed by atoms with Gasteiger partial charge in [0, 0.05) is 13.1 Å². The summed E-state index contributed by atoms with van der Waals surface area (Å²) in [4.78, 5) is 33.2. The van der Waals surface area contributed by atoms with Gasteiger partial charge in [0.25, 0.3) is 0 Å². The minimum atomic E-state index is -1.82. The molecule has 0 saturated heterocycles. The summed E-state index contributed by atoms with van der Waals surface area (Å²) in [7, 11) is 0. The normalized spacial score (nSPS) is 19.5. The molecule has 4 N–H and O–H groups in total. The van der Waals surface area contributed by atoms with Crippen molar-refractivity contribution >= 4 is 17.8 Å². The molecule has 1 heterocycles. The second-order valence-corrected chi connectivity index (χ2v) is 9.17. The number of hydrogen-bond acceptors (Lipinski definition) is 5. The van der Waals surface area contributed by atoms with E-state index >= 15 is 0 Å². The van der Waals surface area contributed by atoms with Crippen LogP contribution in [0.4, 0.5) is 0 Å². The van der Waals surface area contributed by atoms with Crippen molar-refractivity contribution in [3.8, 4) is 0 Å². The Labute approximate surface area is 189 Å². The van der Waals surface area contributed by atoms with E-state index in [0.717, 1.165) is 38.6 Å². The number of carbonyl (C=O) groups is 3. The van der Waals surface area contributed by atoms with Gasteiger partial charge in [-0.3, -0.25) is 4.79 Å². The number of carboxylic acids is 2. The lowest BCUT2D eigenvalue weighted by atomic mass is 9.83. The van der Waals surface area contributed by atoms with Crippen molar-refractivity contribution in [2.24, 2.45) is 5.92 Å². The van der Waals surface area contributed by atoms with E-state index in [1.807, 2.05) is 0 Å². The summed E-state index contributed by atoms with van der Waals surface area (Å²) in [6.45, 7) is 8.17. The molecule has 0 bridgehead atoms. The highest BCUT2D eigenvalue weighted by Gasteiger charge is 2.34. The molecular weight excluding hydrogens is 412 g/mol. The smallest absolute Gasteiger partial charge is 0.414 e. The van der Waals surface area contributed by atoms with Gasteiger partial charge in [-0.2, -0.15) is 0 Å². The number of carbonyl (C=O) groups excluding carboxylic acids is 1. The number of nitrogens with one attached hydrogen (secondary N) is 1. The highest BCUT2D eigenvalue weighted by atomic mass is 16.4. The molecule has 1 saturated carbocycles. The van der Waals surface area contributed by atoms with Gasteiger partial charge >= 0.3 is 11.9 Å². The first kappa shape index (κ1) is 25.8. The lowest BCUT2D eigenvalue weighted by Gasteiger charge is -2.41. The van der Waals surface area contributed by atoms with Crippen LogP contribution in [0.2, 0.25) is 0 Å². The van der Waals surface area contributed by atoms with Gasteiger partial charge in [-0.05, 0) is 48.8 Å². The fourth-order valence-electron chi connectivity index (χ4n) is 4.78. The Morgan fingerprint density at radius 1 is 1.12 bits per heavy atom.